The smallest absolute Gasteiger partial charge is 0.263 e. The van der Waals surface area contributed by atoms with Crippen LogP contribution in [-0.2, 0) is 14.3 Å². The number of carbonyl (C=O) groups excluding carboxylic acids is 1. The SMILES string of the molecule is CCC(C)N(CCOC)CC1CCC(C(=O)NN)O1. The van der Waals surface area contributed by atoms with E-state index in [0.717, 1.165) is 32.4 Å². The number of nitrogens with zero attached hydrogens (tertiary/aromatic N) is 1. The van der Waals surface area contributed by atoms with Crippen LogP contribution in [0.5, 0.6) is 0 Å². The molecule has 3 unspecified atom stereocenters. The van der Waals surface area contributed by atoms with Crippen molar-refractivity contribution >= 4 is 5.91 Å². The monoisotopic (exact) mass is 273 g/mol. The first-order valence-corrected chi connectivity index (χ1v) is 7.01. The van der Waals surface area contributed by atoms with E-state index in [2.05, 4.69) is 24.2 Å². The van der Waals surface area contributed by atoms with E-state index in [1.54, 1.807) is 7.11 Å². The van der Waals surface area contributed by atoms with Crippen LogP contribution in [0.4, 0.5) is 0 Å². The van der Waals surface area contributed by atoms with E-state index < -0.39 is 6.10 Å². The van der Waals surface area contributed by atoms with E-state index >= 15 is 0 Å². The maximum atomic E-state index is 11.4. The minimum absolute atomic E-state index is 0.105. The Labute approximate surface area is 115 Å². The molecule has 1 heterocycles. The first-order chi connectivity index (χ1) is 9.12. The van der Waals surface area contributed by atoms with Crippen molar-refractivity contribution in [2.75, 3.05) is 26.8 Å². The van der Waals surface area contributed by atoms with Gasteiger partial charge >= 0.3 is 0 Å². The Hall–Kier alpha value is -0.690. The van der Waals surface area contributed by atoms with Crippen molar-refractivity contribution in [1.29, 1.82) is 0 Å². The van der Waals surface area contributed by atoms with Crippen molar-refractivity contribution in [3.63, 3.8) is 0 Å². The first kappa shape index (κ1) is 16.4. The quantitative estimate of drug-likeness (QED) is 0.377. The molecule has 3 N–H and O–H groups in total. The van der Waals surface area contributed by atoms with Gasteiger partial charge in [-0.15, -0.1) is 0 Å². The van der Waals surface area contributed by atoms with Crippen molar-refractivity contribution in [2.24, 2.45) is 5.84 Å². The molecule has 1 saturated heterocycles. The fraction of sp³-hybridized carbons (Fsp3) is 0.923. The predicted octanol–water partition coefficient (Wildman–Crippen LogP) is 0.271. The summed E-state index contributed by atoms with van der Waals surface area (Å²) in [4.78, 5) is 13.8. The highest BCUT2D eigenvalue weighted by atomic mass is 16.5. The lowest BCUT2D eigenvalue weighted by molar-refractivity contribution is -0.132. The summed E-state index contributed by atoms with van der Waals surface area (Å²) >= 11 is 0. The number of hydrazine groups is 1. The molecule has 3 atom stereocenters. The molecule has 6 nitrogen and oxygen atoms in total. The molecular formula is C13H27N3O3. The Morgan fingerprint density at radius 2 is 2.32 bits per heavy atom. The molecule has 0 aromatic heterocycles. The fourth-order valence-corrected chi connectivity index (χ4v) is 2.35. The van der Waals surface area contributed by atoms with Gasteiger partial charge in [-0.1, -0.05) is 6.92 Å². The Kier molecular flexibility index (Phi) is 7.30. The molecule has 19 heavy (non-hydrogen) atoms. The second-order valence-electron chi connectivity index (χ2n) is 5.08. The van der Waals surface area contributed by atoms with Crippen LogP contribution >= 0.6 is 0 Å². The predicted molar refractivity (Wildman–Crippen MR) is 73.4 cm³/mol. The van der Waals surface area contributed by atoms with Gasteiger partial charge in [0.05, 0.1) is 12.7 Å². The number of carbonyl (C=O) groups is 1. The zero-order valence-corrected chi connectivity index (χ0v) is 12.2. The van der Waals surface area contributed by atoms with Crippen molar-refractivity contribution in [3.8, 4) is 0 Å². The number of amides is 1. The van der Waals surface area contributed by atoms with Crippen LogP contribution in [0, 0.1) is 0 Å². The molecule has 112 valence electrons. The molecule has 0 saturated carbocycles. The third-order valence-corrected chi connectivity index (χ3v) is 3.78. The van der Waals surface area contributed by atoms with Crippen molar-refractivity contribution < 1.29 is 14.3 Å². The Bertz CT molecular complexity index is 276. The van der Waals surface area contributed by atoms with Crippen LogP contribution in [-0.4, -0.2) is 55.9 Å². The van der Waals surface area contributed by atoms with Crippen LogP contribution in [0.15, 0.2) is 0 Å². The molecule has 6 heteroatoms. The van der Waals surface area contributed by atoms with E-state index in [1.165, 1.54) is 0 Å². The molecule has 1 amide bonds. The number of nitrogens with one attached hydrogen (secondary N) is 1. The van der Waals surface area contributed by atoms with Gasteiger partial charge in [0, 0.05) is 26.2 Å². The highest BCUT2D eigenvalue weighted by Gasteiger charge is 2.31. The summed E-state index contributed by atoms with van der Waals surface area (Å²) in [5.41, 5.74) is 2.15. The number of rotatable bonds is 8. The zero-order valence-electron chi connectivity index (χ0n) is 12.2. The maximum absolute atomic E-state index is 11.4. The van der Waals surface area contributed by atoms with E-state index in [0.29, 0.717) is 12.6 Å². The van der Waals surface area contributed by atoms with E-state index in [9.17, 15) is 4.79 Å². The second-order valence-corrected chi connectivity index (χ2v) is 5.08. The van der Waals surface area contributed by atoms with Crippen molar-refractivity contribution in [2.45, 2.75) is 51.4 Å². The van der Waals surface area contributed by atoms with Gasteiger partial charge in [-0.3, -0.25) is 15.1 Å². The van der Waals surface area contributed by atoms with Crippen LogP contribution in [0.2, 0.25) is 0 Å². The normalized spacial score (nSPS) is 24.7. The summed E-state index contributed by atoms with van der Waals surface area (Å²) in [7, 11) is 1.71. The Morgan fingerprint density at radius 3 is 2.89 bits per heavy atom. The van der Waals surface area contributed by atoms with E-state index in [-0.39, 0.29) is 12.0 Å². The highest BCUT2D eigenvalue weighted by molar-refractivity contribution is 5.80. The molecule has 0 bridgehead atoms. The molecule has 0 aromatic rings. The molecule has 0 aromatic carbocycles. The molecular weight excluding hydrogens is 246 g/mol. The van der Waals surface area contributed by atoms with Gasteiger partial charge in [-0.05, 0) is 26.2 Å². The van der Waals surface area contributed by atoms with Gasteiger partial charge in [-0.25, -0.2) is 5.84 Å². The second kappa shape index (κ2) is 8.47. The molecule has 1 fully saturated rings. The third kappa shape index (κ3) is 5.06. The minimum atomic E-state index is -0.392. The average Bonchev–Trinajstić information content (AvgIpc) is 2.90. The first-order valence-electron chi connectivity index (χ1n) is 7.01. The van der Waals surface area contributed by atoms with Gasteiger partial charge in [0.1, 0.15) is 6.10 Å². The molecule has 0 aliphatic carbocycles. The summed E-state index contributed by atoms with van der Waals surface area (Å²) in [6.45, 7) is 6.81. The van der Waals surface area contributed by atoms with Gasteiger partial charge in [-0.2, -0.15) is 0 Å². The standard InChI is InChI=1S/C13H27N3O3/c1-4-10(2)16(7-8-18-3)9-11-5-6-12(19-11)13(17)15-14/h10-12H,4-9,14H2,1-3H3,(H,15,17). The number of hydrogen-bond donors (Lipinski definition) is 2. The summed E-state index contributed by atoms with van der Waals surface area (Å²) < 4.78 is 10.9. The number of ether oxygens (including phenoxy) is 2. The topological polar surface area (TPSA) is 76.8 Å². The summed E-state index contributed by atoms with van der Waals surface area (Å²) in [6.07, 6.45) is 2.44. The largest absolute Gasteiger partial charge is 0.383 e. The minimum Gasteiger partial charge on any atom is -0.383 e. The van der Waals surface area contributed by atoms with E-state index in [4.69, 9.17) is 15.3 Å². The highest BCUT2D eigenvalue weighted by Crippen LogP contribution is 2.21. The number of nitrogens with two attached hydrogens (primary N) is 1. The molecule has 0 spiro atoms. The molecule has 0 radical (unpaired) electrons. The Balaban J connectivity index is 2.44. The van der Waals surface area contributed by atoms with Crippen molar-refractivity contribution in [3.05, 3.63) is 0 Å². The molecule has 1 aliphatic heterocycles. The van der Waals surface area contributed by atoms with Gasteiger partial charge in [0.25, 0.3) is 5.91 Å². The summed E-state index contributed by atoms with van der Waals surface area (Å²) in [5, 5.41) is 0. The van der Waals surface area contributed by atoms with Gasteiger partial charge in [0.15, 0.2) is 0 Å². The zero-order chi connectivity index (χ0) is 14.3. The lowest BCUT2D eigenvalue weighted by atomic mass is 10.1. The van der Waals surface area contributed by atoms with Crippen LogP contribution in [0.3, 0.4) is 0 Å². The van der Waals surface area contributed by atoms with E-state index in [1.807, 2.05) is 0 Å². The average molecular weight is 273 g/mol. The molecule has 1 rings (SSSR count). The van der Waals surface area contributed by atoms with Crippen molar-refractivity contribution in [1.82, 2.24) is 10.3 Å². The lowest BCUT2D eigenvalue weighted by Crippen LogP contribution is -2.42. The Morgan fingerprint density at radius 1 is 1.58 bits per heavy atom. The van der Waals surface area contributed by atoms with Gasteiger partial charge in [0.2, 0.25) is 0 Å². The number of methoxy groups -OCH3 is 1. The fourth-order valence-electron chi connectivity index (χ4n) is 2.35. The summed E-state index contributed by atoms with van der Waals surface area (Å²) in [5.74, 6) is 4.90. The van der Waals surface area contributed by atoms with Gasteiger partial charge < -0.3 is 9.47 Å². The number of hydrogen-bond acceptors (Lipinski definition) is 5. The summed E-state index contributed by atoms with van der Waals surface area (Å²) in [6, 6.07) is 0.487. The maximum Gasteiger partial charge on any atom is 0.263 e. The molecule has 1 aliphatic rings. The lowest BCUT2D eigenvalue weighted by Gasteiger charge is -2.30. The third-order valence-electron chi connectivity index (χ3n) is 3.78. The van der Waals surface area contributed by atoms with Crippen LogP contribution < -0.4 is 11.3 Å². The van der Waals surface area contributed by atoms with Crippen LogP contribution in [0.25, 0.3) is 0 Å². The van der Waals surface area contributed by atoms with Crippen LogP contribution in [0.1, 0.15) is 33.1 Å².